The molecule has 0 atom stereocenters. The van der Waals surface area contributed by atoms with Gasteiger partial charge in [-0.15, -0.1) is 0 Å². The first-order valence-electron chi connectivity index (χ1n) is 6.44. The molecule has 1 aromatic heterocycles. The van der Waals surface area contributed by atoms with Crippen LogP contribution in [-0.4, -0.2) is 28.3 Å². The van der Waals surface area contributed by atoms with Gasteiger partial charge in [-0.1, -0.05) is 11.6 Å². The van der Waals surface area contributed by atoms with E-state index in [1.165, 1.54) is 18.3 Å². The predicted octanol–water partition coefficient (Wildman–Crippen LogP) is 2.44. The minimum atomic E-state index is -0.824. The van der Waals surface area contributed by atoms with E-state index in [0.717, 1.165) is 13.2 Å². The number of nitrogens with zero attached hydrogens (tertiary/aromatic N) is 1. The fourth-order valence-electron chi connectivity index (χ4n) is 1.85. The Balaban J connectivity index is 2.24. The topological polar surface area (TPSA) is 88.9 Å². The number of hydrogen-bond acceptors (Lipinski definition) is 6. The van der Waals surface area contributed by atoms with E-state index in [2.05, 4.69) is 9.72 Å². The second-order valence-corrected chi connectivity index (χ2v) is 4.88. The van der Waals surface area contributed by atoms with E-state index in [1.54, 1.807) is 0 Å². The Morgan fingerprint density at radius 1 is 1.43 bits per heavy atom. The first-order chi connectivity index (χ1) is 11.0. The number of aliphatic hydroxyl groups excluding tert-OH is 1. The number of aliphatic hydroxyl groups is 1. The molecule has 0 aliphatic carbocycles. The van der Waals surface area contributed by atoms with Crippen LogP contribution in [0.5, 0.6) is 11.5 Å². The summed E-state index contributed by atoms with van der Waals surface area (Å²) in [6.45, 7) is -0.596. The Morgan fingerprint density at radius 3 is 2.78 bits per heavy atom. The quantitative estimate of drug-likeness (QED) is 0.812. The monoisotopic (exact) mass is 341 g/mol. The van der Waals surface area contributed by atoms with E-state index < -0.39 is 24.1 Å². The van der Waals surface area contributed by atoms with Gasteiger partial charge in [0.2, 0.25) is 0 Å². The predicted molar refractivity (Wildman–Crippen MR) is 78.9 cm³/mol. The summed E-state index contributed by atoms with van der Waals surface area (Å²) in [5.41, 5.74) is 0.150. The van der Waals surface area contributed by atoms with E-state index in [-0.39, 0.29) is 22.9 Å². The van der Waals surface area contributed by atoms with Crippen molar-refractivity contribution in [3.05, 3.63) is 52.1 Å². The number of carbonyl (C=O) groups excluding carboxylic acids is 1. The number of esters is 1. The third-order valence-electron chi connectivity index (χ3n) is 3.07. The molecule has 1 heterocycles. The molecule has 0 bridgehead atoms. The number of methoxy groups -OCH3 is 1. The molecule has 2 rings (SSSR count). The molecule has 1 aromatic carbocycles. The van der Waals surface area contributed by atoms with Crippen LogP contribution in [0.4, 0.5) is 4.39 Å². The van der Waals surface area contributed by atoms with Crippen LogP contribution in [0.3, 0.4) is 0 Å². The average molecular weight is 342 g/mol. The van der Waals surface area contributed by atoms with E-state index in [9.17, 15) is 19.4 Å². The third-order valence-corrected chi connectivity index (χ3v) is 3.36. The molecule has 8 heteroatoms. The zero-order valence-electron chi connectivity index (χ0n) is 12.0. The van der Waals surface area contributed by atoms with Crippen LogP contribution in [0.25, 0.3) is 0 Å². The number of aromatic nitrogens is 1. The van der Waals surface area contributed by atoms with Crippen LogP contribution in [0.2, 0.25) is 5.02 Å². The van der Waals surface area contributed by atoms with Crippen molar-refractivity contribution in [3.63, 3.8) is 0 Å². The average Bonchev–Trinajstić information content (AvgIpc) is 2.55. The van der Waals surface area contributed by atoms with Crippen LogP contribution in [-0.2, 0) is 18.0 Å². The van der Waals surface area contributed by atoms with Gasteiger partial charge in [-0.05, 0) is 12.1 Å². The number of benzene rings is 1. The Hall–Kier alpha value is -2.38. The van der Waals surface area contributed by atoms with Gasteiger partial charge >= 0.3 is 5.97 Å². The van der Waals surface area contributed by atoms with Crippen molar-refractivity contribution < 1.29 is 28.9 Å². The van der Waals surface area contributed by atoms with Crippen molar-refractivity contribution in [2.45, 2.75) is 13.2 Å². The summed E-state index contributed by atoms with van der Waals surface area (Å²) in [5.74, 6) is -1.57. The smallest absolute Gasteiger partial charge is 0.360 e. The summed E-state index contributed by atoms with van der Waals surface area (Å²) in [6, 6.07) is 3.84. The number of carbonyl (C=O) groups is 1. The fourth-order valence-corrected chi connectivity index (χ4v) is 2.02. The lowest BCUT2D eigenvalue weighted by Gasteiger charge is -2.13. The summed E-state index contributed by atoms with van der Waals surface area (Å²) in [5, 5.41) is 19.3. The zero-order chi connectivity index (χ0) is 17.0. The summed E-state index contributed by atoms with van der Waals surface area (Å²) >= 11 is 5.65. The summed E-state index contributed by atoms with van der Waals surface area (Å²) < 4.78 is 23.0. The second-order valence-electron chi connectivity index (χ2n) is 4.47. The Morgan fingerprint density at radius 2 is 2.17 bits per heavy atom. The van der Waals surface area contributed by atoms with Crippen molar-refractivity contribution >= 4 is 17.6 Å². The van der Waals surface area contributed by atoms with Gasteiger partial charge in [0.25, 0.3) is 0 Å². The molecule has 2 aromatic rings. The lowest BCUT2D eigenvalue weighted by molar-refractivity contribution is 0.0589. The molecular formula is C15H13ClFNO5. The lowest BCUT2D eigenvalue weighted by atomic mass is 10.1. The maximum Gasteiger partial charge on any atom is 0.360 e. The molecule has 2 N–H and O–H groups in total. The molecule has 0 saturated carbocycles. The maximum absolute atomic E-state index is 13.1. The summed E-state index contributed by atoms with van der Waals surface area (Å²) in [4.78, 5) is 15.3. The van der Waals surface area contributed by atoms with Crippen molar-refractivity contribution in [2.75, 3.05) is 7.11 Å². The van der Waals surface area contributed by atoms with Gasteiger partial charge in [-0.3, -0.25) is 0 Å². The largest absolute Gasteiger partial charge is 0.505 e. The van der Waals surface area contributed by atoms with E-state index in [4.69, 9.17) is 16.3 Å². The van der Waals surface area contributed by atoms with Gasteiger partial charge in [-0.2, -0.15) is 0 Å². The highest BCUT2D eigenvalue weighted by atomic mass is 35.5. The van der Waals surface area contributed by atoms with Crippen LogP contribution in [0.15, 0.2) is 24.4 Å². The number of halogens is 2. The molecule has 0 radical (unpaired) electrons. The molecule has 0 spiro atoms. The molecule has 6 nitrogen and oxygen atoms in total. The highest BCUT2D eigenvalue weighted by molar-refractivity contribution is 6.30. The summed E-state index contributed by atoms with van der Waals surface area (Å²) in [6.07, 6.45) is 1.28. The first-order valence-corrected chi connectivity index (χ1v) is 6.82. The number of aromatic hydroxyl groups is 1. The number of rotatable bonds is 5. The molecule has 0 aliphatic heterocycles. The number of pyridine rings is 1. The third kappa shape index (κ3) is 3.69. The highest BCUT2D eigenvalue weighted by Crippen LogP contribution is 2.27. The fraction of sp³-hybridized carbons (Fsp3) is 0.200. The van der Waals surface area contributed by atoms with Crippen LogP contribution >= 0.6 is 11.6 Å². The normalized spacial score (nSPS) is 10.4. The lowest BCUT2D eigenvalue weighted by Crippen LogP contribution is -2.09. The van der Waals surface area contributed by atoms with Gasteiger partial charge in [0.1, 0.15) is 18.2 Å². The maximum atomic E-state index is 13.1. The van der Waals surface area contributed by atoms with Gasteiger partial charge < -0.3 is 19.7 Å². The van der Waals surface area contributed by atoms with Gasteiger partial charge in [-0.25, -0.2) is 14.2 Å². The van der Waals surface area contributed by atoms with Crippen LogP contribution < -0.4 is 4.74 Å². The van der Waals surface area contributed by atoms with Crippen molar-refractivity contribution in [1.82, 2.24) is 4.98 Å². The SMILES string of the molecule is COC(=O)c1ncc(COc2ccc(F)c(Cl)c2)c(CO)c1O. The van der Waals surface area contributed by atoms with E-state index in [0.29, 0.717) is 11.3 Å². The molecule has 0 unspecified atom stereocenters. The second kappa shape index (κ2) is 7.26. The van der Waals surface area contributed by atoms with Gasteiger partial charge in [0.15, 0.2) is 11.4 Å². The van der Waals surface area contributed by atoms with Gasteiger partial charge in [0.05, 0.1) is 18.7 Å². The molecule has 122 valence electrons. The minimum absolute atomic E-state index is 0.0696. The number of hydrogen-bond donors (Lipinski definition) is 2. The minimum Gasteiger partial charge on any atom is -0.505 e. The van der Waals surface area contributed by atoms with Crippen LogP contribution in [0, 0.1) is 5.82 Å². The molecular weight excluding hydrogens is 329 g/mol. The number of ether oxygens (including phenoxy) is 2. The summed E-state index contributed by atoms with van der Waals surface area (Å²) in [7, 11) is 1.15. The standard InChI is InChI=1S/C15H13ClFNO5/c1-22-15(21)13-14(20)10(6-19)8(5-18-13)7-23-9-2-3-12(17)11(16)4-9/h2-5,19-20H,6-7H2,1H3. The molecule has 0 fully saturated rings. The van der Waals surface area contributed by atoms with Crippen molar-refractivity contribution in [3.8, 4) is 11.5 Å². The molecule has 0 amide bonds. The zero-order valence-corrected chi connectivity index (χ0v) is 12.8. The van der Waals surface area contributed by atoms with E-state index >= 15 is 0 Å². The molecule has 0 saturated heterocycles. The van der Waals surface area contributed by atoms with Crippen molar-refractivity contribution in [2.24, 2.45) is 0 Å². The Labute approximate surface area is 136 Å². The Bertz CT molecular complexity index is 738. The van der Waals surface area contributed by atoms with E-state index in [1.807, 2.05) is 0 Å². The van der Waals surface area contributed by atoms with Crippen LogP contribution in [0.1, 0.15) is 21.6 Å². The highest BCUT2D eigenvalue weighted by Gasteiger charge is 2.19. The Kier molecular flexibility index (Phi) is 5.36. The molecule has 0 aliphatic rings. The molecule has 23 heavy (non-hydrogen) atoms. The van der Waals surface area contributed by atoms with Crippen molar-refractivity contribution in [1.29, 1.82) is 0 Å². The first kappa shape index (κ1) is 17.0. The van der Waals surface area contributed by atoms with Gasteiger partial charge in [0, 0.05) is 23.4 Å².